The molecule has 1 aromatic rings. The van der Waals surface area contributed by atoms with Gasteiger partial charge in [0.2, 0.25) is 5.91 Å². The minimum absolute atomic E-state index is 0.204. The Morgan fingerprint density at radius 2 is 1.78 bits per heavy atom. The average molecular weight is 317 g/mol. The van der Waals surface area contributed by atoms with Crippen molar-refractivity contribution in [2.75, 3.05) is 12.4 Å². The number of hydrogen-bond acceptors (Lipinski definition) is 5. The number of aliphatic carboxylic acids is 1. The number of carbonyl (C=O) groups excluding carboxylic acids is 2. The maximum Gasteiger partial charge on any atom is 0.339 e. The van der Waals surface area contributed by atoms with Gasteiger partial charge >= 0.3 is 11.9 Å². The number of amides is 1. The number of para-hydroxylation sites is 1. The van der Waals surface area contributed by atoms with E-state index >= 15 is 0 Å². The molecule has 0 radical (unpaired) electrons. The fourth-order valence-electron chi connectivity index (χ4n) is 3.01. The lowest BCUT2D eigenvalue weighted by Crippen LogP contribution is -2.39. The van der Waals surface area contributed by atoms with Crippen molar-refractivity contribution < 1.29 is 29.0 Å². The molecule has 0 unspecified atom stereocenters. The van der Waals surface area contributed by atoms with Crippen molar-refractivity contribution in [1.82, 2.24) is 0 Å². The highest BCUT2D eigenvalue weighted by molar-refractivity contribution is 6.03. The van der Waals surface area contributed by atoms with Crippen LogP contribution >= 0.6 is 0 Å². The normalized spacial score (nSPS) is 27.7. The lowest BCUT2D eigenvalue weighted by Gasteiger charge is -2.21. The predicted molar refractivity (Wildman–Crippen MR) is 78.8 cm³/mol. The predicted octanol–water partition coefficient (Wildman–Crippen LogP) is 1.07. The highest BCUT2D eigenvalue weighted by atomic mass is 16.5. The number of ether oxygens (including phenoxy) is 2. The Morgan fingerprint density at radius 3 is 2.43 bits per heavy atom. The molecule has 7 nitrogen and oxygen atoms in total. The number of hydrogen-bond donors (Lipinski definition) is 2. The van der Waals surface area contributed by atoms with Crippen molar-refractivity contribution in [2.45, 2.75) is 12.2 Å². The number of benzene rings is 1. The van der Waals surface area contributed by atoms with Gasteiger partial charge in [0.1, 0.15) is 5.92 Å². The topological polar surface area (TPSA) is 102 Å². The molecule has 1 fully saturated rings. The number of fused-ring (bicyclic) bond motifs is 2. The van der Waals surface area contributed by atoms with E-state index in [9.17, 15) is 19.5 Å². The molecule has 7 heteroatoms. The van der Waals surface area contributed by atoms with E-state index in [1.807, 2.05) is 0 Å². The van der Waals surface area contributed by atoms with Crippen LogP contribution in [-0.4, -0.2) is 42.3 Å². The maximum atomic E-state index is 12.5. The molecule has 2 bridgehead atoms. The third-order valence-corrected chi connectivity index (χ3v) is 4.08. The van der Waals surface area contributed by atoms with Gasteiger partial charge in [0.05, 0.1) is 36.5 Å². The molecule has 23 heavy (non-hydrogen) atoms. The van der Waals surface area contributed by atoms with Gasteiger partial charge in [0, 0.05) is 0 Å². The van der Waals surface area contributed by atoms with Crippen LogP contribution < -0.4 is 5.32 Å². The molecular formula is C16H15NO6. The fourth-order valence-corrected chi connectivity index (χ4v) is 3.01. The summed E-state index contributed by atoms with van der Waals surface area (Å²) < 4.78 is 10.1. The Hall–Kier alpha value is -2.67. The number of anilines is 1. The molecule has 2 heterocycles. The lowest BCUT2D eigenvalue weighted by molar-refractivity contribution is -0.145. The number of nitrogens with one attached hydrogen (secondary N) is 1. The Labute approximate surface area is 131 Å². The van der Waals surface area contributed by atoms with Crippen LogP contribution in [0.1, 0.15) is 10.4 Å². The maximum absolute atomic E-state index is 12.5. The Bertz CT molecular complexity index is 698. The molecule has 0 aromatic heterocycles. The summed E-state index contributed by atoms with van der Waals surface area (Å²) in [7, 11) is 1.25. The van der Waals surface area contributed by atoms with Gasteiger partial charge in [0.25, 0.3) is 0 Å². The number of rotatable bonds is 4. The monoisotopic (exact) mass is 317 g/mol. The van der Waals surface area contributed by atoms with E-state index in [4.69, 9.17) is 4.74 Å². The molecule has 3 rings (SSSR count). The first-order valence-electron chi connectivity index (χ1n) is 7.07. The Kier molecular flexibility index (Phi) is 3.87. The molecule has 0 saturated carbocycles. The molecule has 2 N–H and O–H groups in total. The molecule has 120 valence electrons. The fraction of sp³-hybridized carbons (Fsp3) is 0.312. The SMILES string of the molecule is COC(=O)c1ccccc1NC(=O)[C@@H]1[C@@H](C(=O)O)[C@@H]2C=C[C@@H]1O2. The van der Waals surface area contributed by atoms with Crippen LogP contribution in [0.25, 0.3) is 0 Å². The van der Waals surface area contributed by atoms with Crippen molar-refractivity contribution in [3.05, 3.63) is 42.0 Å². The van der Waals surface area contributed by atoms with E-state index in [1.165, 1.54) is 13.2 Å². The van der Waals surface area contributed by atoms with Crippen molar-refractivity contribution in [3.8, 4) is 0 Å². The highest BCUT2D eigenvalue weighted by Crippen LogP contribution is 2.40. The first-order valence-corrected chi connectivity index (χ1v) is 7.07. The summed E-state index contributed by atoms with van der Waals surface area (Å²) in [5, 5.41) is 12.0. The third-order valence-electron chi connectivity index (χ3n) is 4.08. The summed E-state index contributed by atoms with van der Waals surface area (Å²) in [6.45, 7) is 0. The number of esters is 1. The Balaban J connectivity index is 1.84. The zero-order chi connectivity index (χ0) is 16.6. The molecular weight excluding hydrogens is 302 g/mol. The van der Waals surface area contributed by atoms with Gasteiger partial charge in [-0.1, -0.05) is 24.3 Å². The second kappa shape index (κ2) is 5.85. The summed E-state index contributed by atoms with van der Waals surface area (Å²) in [6.07, 6.45) is 2.20. The minimum atomic E-state index is -1.08. The molecule has 4 atom stereocenters. The van der Waals surface area contributed by atoms with Gasteiger partial charge in [0.15, 0.2) is 0 Å². The molecule has 1 amide bonds. The summed E-state index contributed by atoms with van der Waals surface area (Å²) >= 11 is 0. The smallest absolute Gasteiger partial charge is 0.339 e. The second-order valence-electron chi connectivity index (χ2n) is 5.37. The molecule has 2 aliphatic rings. The summed E-state index contributed by atoms with van der Waals surface area (Å²) in [5.74, 6) is -3.93. The first kappa shape index (κ1) is 15.2. The van der Waals surface area contributed by atoms with Gasteiger partial charge in [-0.25, -0.2) is 4.79 Å². The van der Waals surface area contributed by atoms with Gasteiger partial charge in [-0.2, -0.15) is 0 Å². The minimum Gasteiger partial charge on any atom is -0.481 e. The molecule has 0 aliphatic carbocycles. The first-order chi connectivity index (χ1) is 11.0. The average Bonchev–Trinajstić information content (AvgIpc) is 3.15. The van der Waals surface area contributed by atoms with Crippen molar-refractivity contribution in [3.63, 3.8) is 0 Å². The number of carbonyl (C=O) groups is 3. The Morgan fingerprint density at radius 1 is 1.13 bits per heavy atom. The zero-order valence-corrected chi connectivity index (χ0v) is 12.3. The summed E-state index contributed by atoms with van der Waals surface area (Å²) in [4.78, 5) is 35.7. The van der Waals surface area contributed by atoms with E-state index in [-0.39, 0.29) is 11.3 Å². The summed E-state index contributed by atoms with van der Waals surface area (Å²) in [6, 6.07) is 6.39. The molecule has 1 saturated heterocycles. The van der Waals surface area contributed by atoms with E-state index in [2.05, 4.69) is 10.1 Å². The second-order valence-corrected chi connectivity index (χ2v) is 5.37. The van der Waals surface area contributed by atoms with Gasteiger partial charge in [-0.15, -0.1) is 0 Å². The highest BCUT2D eigenvalue weighted by Gasteiger charge is 2.53. The van der Waals surface area contributed by atoms with Crippen LogP contribution in [0.15, 0.2) is 36.4 Å². The van der Waals surface area contributed by atoms with E-state index in [1.54, 1.807) is 30.4 Å². The van der Waals surface area contributed by atoms with E-state index in [0.717, 1.165) is 0 Å². The number of methoxy groups -OCH3 is 1. The summed E-state index contributed by atoms with van der Waals surface area (Å²) in [5.41, 5.74) is 0.482. The zero-order valence-electron chi connectivity index (χ0n) is 12.3. The van der Waals surface area contributed by atoms with Gasteiger partial charge in [-0.05, 0) is 12.1 Å². The van der Waals surface area contributed by atoms with Gasteiger partial charge < -0.3 is 19.9 Å². The molecule has 2 aliphatic heterocycles. The van der Waals surface area contributed by atoms with Crippen molar-refractivity contribution in [1.29, 1.82) is 0 Å². The van der Waals surface area contributed by atoms with Crippen LogP contribution in [0.2, 0.25) is 0 Å². The van der Waals surface area contributed by atoms with Crippen LogP contribution in [-0.2, 0) is 19.1 Å². The van der Waals surface area contributed by atoms with Crippen molar-refractivity contribution >= 4 is 23.5 Å². The van der Waals surface area contributed by atoms with Crippen LogP contribution in [0.3, 0.4) is 0 Å². The molecule has 0 spiro atoms. The largest absolute Gasteiger partial charge is 0.481 e. The quantitative estimate of drug-likeness (QED) is 0.636. The van der Waals surface area contributed by atoms with Gasteiger partial charge in [-0.3, -0.25) is 9.59 Å². The molecule has 1 aromatic carbocycles. The van der Waals surface area contributed by atoms with Crippen molar-refractivity contribution in [2.24, 2.45) is 11.8 Å². The standard InChI is InChI=1S/C16H15NO6/c1-22-16(21)8-4-2-3-5-9(8)17-14(18)12-10-6-7-11(23-10)13(12)15(19)20/h2-7,10-13H,1H3,(H,17,18)(H,19,20)/t10-,11-,12-,13-/m0/s1. The van der Waals surface area contributed by atoms with Crippen LogP contribution in [0.4, 0.5) is 5.69 Å². The van der Waals surface area contributed by atoms with E-state index < -0.39 is 41.9 Å². The number of carboxylic acids is 1. The third kappa shape index (κ3) is 2.59. The number of carboxylic acid groups (broad SMARTS) is 1. The van der Waals surface area contributed by atoms with E-state index in [0.29, 0.717) is 0 Å². The van der Waals surface area contributed by atoms with Crippen LogP contribution in [0.5, 0.6) is 0 Å². The van der Waals surface area contributed by atoms with Crippen LogP contribution in [0, 0.1) is 11.8 Å². The lowest BCUT2D eigenvalue weighted by atomic mass is 9.82.